The van der Waals surface area contributed by atoms with Gasteiger partial charge in [0.25, 0.3) is 0 Å². The maximum atomic E-state index is 9.74. The first-order chi connectivity index (χ1) is 15.7. The molecule has 3 unspecified atom stereocenters. The molecule has 3 heteroatoms. The number of aliphatic hydroxyl groups excluding tert-OH is 3. The maximum absolute atomic E-state index is 9.74. The number of hydrogen-bond acceptors (Lipinski definition) is 3. The van der Waals surface area contributed by atoms with Gasteiger partial charge in [0.15, 0.2) is 0 Å². The summed E-state index contributed by atoms with van der Waals surface area (Å²) >= 11 is 0. The average Bonchev–Trinajstić information content (AvgIpc) is 2.75. The summed E-state index contributed by atoms with van der Waals surface area (Å²) in [5.41, 5.74) is 6.87. The van der Waals surface area contributed by atoms with Crippen molar-refractivity contribution < 1.29 is 15.3 Å². The first-order valence-corrected chi connectivity index (χ1v) is 12.0. The molecular weight excluding hydrogens is 408 g/mol. The fourth-order valence-electron chi connectivity index (χ4n) is 4.61. The molecule has 3 nitrogen and oxygen atoms in total. The SMILES string of the molecule is CC(O)Cc1ccc(CC(C)(c2ccc(CC(C)O)cc2)c2ccc(CC(C)O)cc2)cc1. The smallest absolute Gasteiger partial charge is 0.0552 e. The lowest BCUT2D eigenvalue weighted by molar-refractivity contribution is 0.195. The Morgan fingerprint density at radius 3 is 1.09 bits per heavy atom. The van der Waals surface area contributed by atoms with Crippen LogP contribution in [0.4, 0.5) is 0 Å². The molecule has 0 spiro atoms. The van der Waals surface area contributed by atoms with Gasteiger partial charge in [-0.1, -0.05) is 79.7 Å². The molecule has 3 N–H and O–H groups in total. The summed E-state index contributed by atoms with van der Waals surface area (Å²) in [4.78, 5) is 0. The largest absolute Gasteiger partial charge is 0.393 e. The van der Waals surface area contributed by atoms with E-state index in [0.717, 1.165) is 23.1 Å². The highest BCUT2D eigenvalue weighted by Gasteiger charge is 2.29. The quantitative estimate of drug-likeness (QED) is 0.410. The molecule has 0 bridgehead atoms. The zero-order valence-electron chi connectivity index (χ0n) is 20.3. The van der Waals surface area contributed by atoms with Crippen LogP contribution in [0, 0.1) is 0 Å². The summed E-state index contributed by atoms with van der Waals surface area (Å²) in [5, 5.41) is 29.2. The van der Waals surface area contributed by atoms with E-state index in [4.69, 9.17) is 0 Å². The molecule has 3 aromatic carbocycles. The molecule has 0 aliphatic rings. The van der Waals surface area contributed by atoms with Gasteiger partial charge in [0, 0.05) is 5.41 Å². The van der Waals surface area contributed by atoms with E-state index in [-0.39, 0.29) is 23.7 Å². The minimum absolute atomic E-state index is 0.238. The van der Waals surface area contributed by atoms with Crippen LogP contribution in [0.25, 0.3) is 0 Å². The van der Waals surface area contributed by atoms with Gasteiger partial charge in [0.1, 0.15) is 0 Å². The number of rotatable bonds is 10. The van der Waals surface area contributed by atoms with Crippen LogP contribution in [0.3, 0.4) is 0 Å². The predicted molar refractivity (Wildman–Crippen MR) is 136 cm³/mol. The second-order valence-corrected chi connectivity index (χ2v) is 9.88. The second-order valence-electron chi connectivity index (χ2n) is 9.88. The van der Waals surface area contributed by atoms with Gasteiger partial charge in [-0.3, -0.25) is 0 Å². The lowest BCUT2D eigenvalue weighted by Crippen LogP contribution is -2.27. The summed E-state index contributed by atoms with van der Waals surface area (Å²) in [6, 6.07) is 25.8. The third-order valence-corrected chi connectivity index (χ3v) is 6.36. The number of hydrogen-bond donors (Lipinski definition) is 3. The van der Waals surface area contributed by atoms with Gasteiger partial charge in [-0.25, -0.2) is 0 Å². The topological polar surface area (TPSA) is 60.7 Å². The molecule has 3 atom stereocenters. The molecule has 0 amide bonds. The fraction of sp³-hybridized carbons (Fsp3) is 0.400. The van der Waals surface area contributed by atoms with Gasteiger partial charge in [0.05, 0.1) is 18.3 Å². The lowest BCUT2D eigenvalue weighted by Gasteiger charge is -2.32. The van der Waals surface area contributed by atoms with Crippen LogP contribution in [-0.2, 0) is 31.1 Å². The van der Waals surface area contributed by atoms with Crippen molar-refractivity contribution in [1.29, 1.82) is 0 Å². The molecule has 3 rings (SSSR count). The summed E-state index contributed by atoms with van der Waals surface area (Å²) in [6.45, 7) is 7.72. The van der Waals surface area contributed by atoms with Crippen molar-refractivity contribution in [2.45, 2.75) is 77.1 Å². The molecule has 0 aromatic heterocycles. The van der Waals surface area contributed by atoms with Gasteiger partial charge in [-0.15, -0.1) is 0 Å². The van der Waals surface area contributed by atoms with Crippen LogP contribution in [0.15, 0.2) is 72.8 Å². The monoisotopic (exact) mass is 446 g/mol. The van der Waals surface area contributed by atoms with Gasteiger partial charge >= 0.3 is 0 Å². The molecule has 0 saturated heterocycles. The minimum Gasteiger partial charge on any atom is -0.393 e. The molecule has 0 aliphatic heterocycles. The van der Waals surface area contributed by atoms with E-state index in [1.807, 2.05) is 20.8 Å². The van der Waals surface area contributed by atoms with Crippen molar-refractivity contribution in [3.05, 3.63) is 106 Å². The van der Waals surface area contributed by atoms with E-state index in [2.05, 4.69) is 79.7 Å². The summed E-state index contributed by atoms with van der Waals surface area (Å²) < 4.78 is 0. The zero-order chi connectivity index (χ0) is 24.0. The van der Waals surface area contributed by atoms with Gasteiger partial charge < -0.3 is 15.3 Å². The van der Waals surface area contributed by atoms with Crippen LogP contribution in [0.2, 0.25) is 0 Å². The molecule has 0 fully saturated rings. The maximum Gasteiger partial charge on any atom is 0.0552 e. The molecule has 0 heterocycles. The summed E-state index contributed by atoms with van der Waals surface area (Å²) in [5.74, 6) is 0. The Morgan fingerprint density at radius 2 is 0.788 bits per heavy atom. The van der Waals surface area contributed by atoms with Gasteiger partial charge in [0.2, 0.25) is 0 Å². The Morgan fingerprint density at radius 1 is 0.515 bits per heavy atom. The highest BCUT2D eigenvalue weighted by Crippen LogP contribution is 2.36. The molecular formula is C30H38O3. The normalized spacial score (nSPS) is 16.1. The Bertz CT molecular complexity index is 931. The van der Waals surface area contributed by atoms with Crippen molar-refractivity contribution in [3.8, 4) is 0 Å². The molecule has 0 aliphatic carbocycles. The van der Waals surface area contributed by atoms with Crippen LogP contribution in [0.1, 0.15) is 61.1 Å². The highest BCUT2D eigenvalue weighted by atomic mass is 16.3. The Kier molecular flexibility index (Phi) is 8.47. The number of aliphatic hydroxyl groups is 3. The van der Waals surface area contributed by atoms with Crippen LogP contribution < -0.4 is 0 Å². The van der Waals surface area contributed by atoms with E-state index in [9.17, 15) is 15.3 Å². The van der Waals surface area contributed by atoms with E-state index in [1.165, 1.54) is 16.7 Å². The van der Waals surface area contributed by atoms with Gasteiger partial charge in [-0.2, -0.15) is 0 Å². The molecule has 0 radical (unpaired) electrons. The van der Waals surface area contributed by atoms with E-state index in [1.54, 1.807) is 0 Å². The fourth-order valence-corrected chi connectivity index (χ4v) is 4.61. The standard InChI is InChI=1S/C30H38O3/c1-21(31)17-24-5-7-27(8-6-24)20-30(4,28-13-9-25(10-14-28)18-22(2)32)29-15-11-26(12-16-29)19-23(3)33/h5-16,21-23,31-33H,17-20H2,1-4H3. The minimum atomic E-state index is -0.358. The Balaban J connectivity index is 1.95. The third kappa shape index (κ3) is 7.01. The Hall–Kier alpha value is -2.46. The van der Waals surface area contributed by atoms with Crippen molar-refractivity contribution in [2.24, 2.45) is 0 Å². The first kappa shape index (κ1) is 25.2. The first-order valence-electron chi connectivity index (χ1n) is 12.0. The highest BCUT2D eigenvalue weighted by molar-refractivity contribution is 5.43. The van der Waals surface area contributed by atoms with Crippen LogP contribution in [0.5, 0.6) is 0 Å². The van der Waals surface area contributed by atoms with E-state index < -0.39 is 0 Å². The predicted octanol–water partition coefficient (Wildman–Crippen LogP) is 5.01. The van der Waals surface area contributed by atoms with Crippen molar-refractivity contribution in [2.75, 3.05) is 0 Å². The average molecular weight is 447 g/mol. The molecule has 3 aromatic rings. The van der Waals surface area contributed by atoms with Crippen molar-refractivity contribution in [3.63, 3.8) is 0 Å². The molecule has 0 saturated carbocycles. The van der Waals surface area contributed by atoms with Crippen molar-refractivity contribution >= 4 is 0 Å². The molecule has 33 heavy (non-hydrogen) atoms. The zero-order valence-corrected chi connectivity index (χ0v) is 20.3. The van der Waals surface area contributed by atoms with Crippen molar-refractivity contribution in [1.82, 2.24) is 0 Å². The van der Waals surface area contributed by atoms with Crippen LogP contribution in [-0.4, -0.2) is 33.6 Å². The lowest BCUT2D eigenvalue weighted by atomic mass is 9.71. The van der Waals surface area contributed by atoms with Gasteiger partial charge in [-0.05, 0) is 79.8 Å². The van der Waals surface area contributed by atoms with E-state index in [0.29, 0.717) is 19.3 Å². The molecule has 176 valence electrons. The summed E-state index contributed by atoms with van der Waals surface area (Å²) in [7, 11) is 0. The van der Waals surface area contributed by atoms with Crippen LogP contribution >= 0.6 is 0 Å². The van der Waals surface area contributed by atoms with E-state index >= 15 is 0 Å². The summed E-state index contributed by atoms with van der Waals surface area (Å²) in [6.07, 6.45) is 1.74. The Labute approximate surface area is 198 Å². The number of benzene rings is 3. The third-order valence-electron chi connectivity index (χ3n) is 6.36. The second kappa shape index (κ2) is 11.1.